The average Bonchev–Trinajstić information content (AvgIpc) is 3.59. The normalized spacial score (nSPS) is 15.2. The number of benzene rings is 2. The van der Waals surface area contributed by atoms with Gasteiger partial charge in [-0.3, -0.25) is 4.79 Å². The molecule has 9 nitrogen and oxygen atoms in total. The molecule has 0 aliphatic carbocycles. The number of amides is 1. The number of carbonyl (C=O) groups excluding carboxylic acids is 1. The molecule has 2 aromatic carbocycles. The fourth-order valence-corrected chi connectivity index (χ4v) is 6.17. The van der Waals surface area contributed by atoms with Crippen LogP contribution in [0.15, 0.2) is 68.7 Å². The summed E-state index contributed by atoms with van der Waals surface area (Å²) in [6.45, 7) is 1.75. The number of halogens is 2. The Balaban J connectivity index is 1.25. The number of sulfonamides is 1. The molecule has 202 valence electrons. The average molecular weight is 555 g/mol. The summed E-state index contributed by atoms with van der Waals surface area (Å²) >= 11 is 0. The van der Waals surface area contributed by atoms with Gasteiger partial charge in [0, 0.05) is 48.0 Å². The third kappa shape index (κ3) is 5.66. The van der Waals surface area contributed by atoms with E-state index in [1.54, 1.807) is 24.3 Å². The van der Waals surface area contributed by atoms with Gasteiger partial charge in [0.05, 0.1) is 6.20 Å². The van der Waals surface area contributed by atoms with E-state index in [1.165, 1.54) is 35.6 Å². The lowest BCUT2D eigenvalue weighted by Crippen LogP contribution is -2.41. The monoisotopic (exact) mass is 554 g/mol. The maximum atomic E-state index is 14.0. The number of piperidine rings is 1. The first-order valence-corrected chi connectivity index (χ1v) is 13.6. The van der Waals surface area contributed by atoms with Crippen molar-refractivity contribution in [3.05, 3.63) is 83.4 Å². The molecular weight excluding hydrogens is 530 g/mol. The van der Waals surface area contributed by atoms with E-state index in [9.17, 15) is 22.0 Å². The Bertz CT molecular complexity index is 1630. The van der Waals surface area contributed by atoms with Gasteiger partial charge in [0.2, 0.25) is 15.9 Å². The topological polar surface area (TPSA) is 119 Å². The molecule has 2 aromatic heterocycles. The van der Waals surface area contributed by atoms with Crippen molar-refractivity contribution in [1.82, 2.24) is 14.6 Å². The summed E-state index contributed by atoms with van der Waals surface area (Å²) in [4.78, 5) is 12.8. The van der Waals surface area contributed by atoms with E-state index in [1.807, 2.05) is 6.07 Å². The van der Waals surface area contributed by atoms with Gasteiger partial charge < -0.3 is 14.4 Å². The quantitative estimate of drug-likeness (QED) is 0.337. The number of aryl methyl sites for hydroxylation is 1. The molecule has 0 radical (unpaired) electrons. The maximum absolute atomic E-state index is 14.0. The van der Waals surface area contributed by atoms with Crippen LogP contribution in [0.3, 0.4) is 0 Å². The third-order valence-corrected chi connectivity index (χ3v) is 8.54. The Kier molecular flexibility index (Phi) is 7.40. The first kappa shape index (κ1) is 26.4. The number of nitrogens with one attached hydrogen (secondary N) is 1. The molecule has 0 unspecified atom stereocenters. The summed E-state index contributed by atoms with van der Waals surface area (Å²) in [7, 11) is -4.02. The van der Waals surface area contributed by atoms with Crippen LogP contribution in [0, 0.1) is 24.5 Å². The van der Waals surface area contributed by atoms with Crippen molar-refractivity contribution in [1.29, 1.82) is 0 Å². The minimum absolute atomic E-state index is 0.0620. The van der Waals surface area contributed by atoms with Crippen LogP contribution in [0.5, 0.6) is 0 Å². The second-order valence-electron chi connectivity index (χ2n) is 9.09. The molecule has 5 rings (SSSR count). The number of aromatic nitrogens is 2. The molecular formula is C27H24F2N4O5S. The highest BCUT2D eigenvalue weighted by atomic mass is 32.2. The van der Waals surface area contributed by atoms with E-state index in [0.29, 0.717) is 24.3 Å². The highest BCUT2D eigenvalue weighted by molar-refractivity contribution is 7.89. The van der Waals surface area contributed by atoms with Crippen LogP contribution in [0.2, 0.25) is 0 Å². The second-order valence-corrected chi connectivity index (χ2v) is 11.0. The van der Waals surface area contributed by atoms with Gasteiger partial charge in [0.15, 0.2) is 16.4 Å². The van der Waals surface area contributed by atoms with Crippen LogP contribution < -0.4 is 5.32 Å². The minimum atomic E-state index is -4.02. The Morgan fingerprint density at radius 1 is 1.08 bits per heavy atom. The molecule has 0 spiro atoms. The highest BCUT2D eigenvalue weighted by Gasteiger charge is 2.36. The second kappa shape index (κ2) is 10.9. The van der Waals surface area contributed by atoms with Crippen LogP contribution in [-0.2, 0) is 14.8 Å². The van der Waals surface area contributed by atoms with Crippen molar-refractivity contribution in [3.8, 4) is 11.3 Å². The molecule has 3 heterocycles. The van der Waals surface area contributed by atoms with Crippen molar-refractivity contribution in [2.75, 3.05) is 18.4 Å². The Hall–Kier alpha value is -4.16. The zero-order chi connectivity index (χ0) is 27.6. The number of anilines is 1. The van der Waals surface area contributed by atoms with Gasteiger partial charge in [-0.25, -0.2) is 17.2 Å². The SMILES string of the molecule is Cc1noc(/C=C/c2ccc(F)cc2F)c1S(=O)(=O)N1CCC(C(=O)Nc2cccc(-c3ccno3)c2)CC1. The van der Waals surface area contributed by atoms with Crippen molar-refractivity contribution < 1.29 is 31.0 Å². The van der Waals surface area contributed by atoms with Gasteiger partial charge >= 0.3 is 0 Å². The number of nitrogens with zero attached hydrogens (tertiary/aromatic N) is 3. The third-order valence-electron chi connectivity index (χ3n) is 6.49. The molecule has 1 aliphatic heterocycles. The molecule has 1 aliphatic rings. The van der Waals surface area contributed by atoms with Crippen LogP contribution in [0.1, 0.15) is 29.9 Å². The Labute approximate surface area is 223 Å². The molecule has 0 saturated carbocycles. The number of carbonyl (C=O) groups is 1. The van der Waals surface area contributed by atoms with Gasteiger partial charge in [-0.15, -0.1) is 0 Å². The highest BCUT2D eigenvalue weighted by Crippen LogP contribution is 2.30. The van der Waals surface area contributed by atoms with E-state index < -0.39 is 21.7 Å². The molecule has 1 fully saturated rings. The summed E-state index contributed by atoms with van der Waals surface area (Å²) in [6, 6.07) is 12.0. The van der Waals surface area contributed by atoms with E-state index in [4.69, 9.17) is 9.05 Å². The van der Waals surface area contributed by atoms with Gasteiger partial charge in [-0.1, -0.05) is 22.4 Å². The number of rotatable bonds is 7. The smallest absolute Gasteiger partial charge is 0.248 e. The lowest BCUT2D eigenvalue weighted by atomic mass is 9.97. The summed E-state index contributed by atoms with van der Waals surface area (Å²) < 4.78 is 65.8. The lowest BCUT2D eigenvalue weighted by Gasteiger charge is -2.30. The Morgan fingerprint density at radius 2 is 1.87 bits per heavy atom. The van der Waals surface area contributed by atoms with Gasteiger partial charge in [-0.05, 0) is 56.2 Å². The van der Waals surface area contributed by atoms with E-state index in [2.05, 4.69) is 15.6 Å². The molecule has 1 saturated heterocycles. The van der Waals surface area contributed by atoms with Crippen LogP contribution in [0.25, 0.3) is 23.5 Å². The maximum Gasteiger partial charge on any atom is 0.248 e. The predicted molar refractivity (Wildman–Crippen MR) is 139 cm³/mol. The first-order chi connectivity index (χ1) is 18.7. The molecule has 39 heavy (non-hydrogen) atoms. The molecule has 4 aromatic rings. The van der Waals surface area contributed by atoms with Crippen LogP contribution in [0.4, 0.5) is 14.5 Å². The lowest BCUT2D eigenvalue weighted by molar-refractivity contribution is -0.120. The van der Waals surface area contributed by atoms with Crippen molar-refractivity contribution in [2.24, 2.45) is 5.92 Å². The van der Waals surface area contributed by atoms with Crippen molar-refractivity contribution in [3.63, 3.8) is 0 Å². The van der Waals surface area contributed by atoms with Crippen LogP contribution >= 0.6 is 0 Å². The molecule has 1 amide bonds. The number of hydrogen-bond acceptors (Lipinski definition) is 7. The zero-order valence-electron chi connectivity index (χ0n) is 20.8. The van der Waals surface area contributed by atoms with Gasteiger partial charge in [-0.2, -0.15) is 4.31 Å². The fourth-order valence-electron chi connectivity index (χ4n) is 4.45. The predicted octanol–water partition coefficient (Wildman–Crippen LogP) is 5.13. The minimum Gasteiger partial charge on any atom is -0.356 e. The molecule has 12 heteroatoms. The standard InChI is InChI=1S/C27H24F2N4O5S/c1-17-26(25(38-32-17)8-6-18-5-7-21(28)16-23(18)29)39(35,36)33-13-10-19(11-14-33)27(34)31-22-4-2-3-20(15-22)24-9-12-30-37-24/h2-9,12,15-16,19H,10-11,13-14H2,1H3,(H,31,34)/b8-6+. The van der Waals surface area contributed by atoms with E-state index >= 15 is 0 Å². The first-order valence-electron chi connectivity index (χ1n) is 12.1. The summed E-state index contributed by atoms with van der Waals surface area (Å²) in [5.41, 5.74) is 1.58. The molecule has 1 N–H and O–H groups in total. The summed E-state index contributed by atoms with van der Waals surface area (Å²) in [6.07, 6.45) is 4.76. The zero-order valence-corrected chi connectivity index (χ0v) is 21.6. The van der Waals surface area contributed by atoms with E-state index in [-0.39, 0.29) is 46.8 Å². The fraction of sp³-hybridized carbons (Fsp3) is 0.222. The summed E-state index contributed by atoms with van der Waals surface area (Å²) in [5, 5.41) is 10.4. The van der Waals surface area contributed by atoms with Gasteiger partial charge in [0.1, 0.15) is 17.3 Å². The number of hydrogen-bond donors (Lipinski definition) is 1. The van der Waals surface area contributed by atoms with E-state index in [0.717, 1.165) is 17.7 Å². The largest absolute Gasteiger partial charge is 0.356 e. The molecule has 0 atom stereocenters. The van der Waals surface area contributed by atoms with Crippen LogP contribution in [-0.4, -0.2) is 42.0 Å². The van der Waals surface area contributed by atoms with Gasteiger partial charge in [0.25, 0.3) is 0 Å². The summed E-state index contributed by atoms with van der Waals surface area (Å²) in [5.74, 6) is -1.59. The van der Waals surface area contributed by atoms with Crippen molar-refractivity contribution >= 4 is 33.8 Å². The van der Waals surface area contributed by atoms with Crippen molar-refractivity contribution in [2.45, 2.75) is 24.7 Å². The Morgan fingerprint density at radius 3 is 2.59 bits per heavy atom. The molecule has 0 bridgehead atoms.